The Kier molecular flexibility index (Phi) is 6.62. The van der Waals surface area contributed by atoms with E-state index in [9.17, 15) is 9.59 Å². The van der Waals surface area contributed by atoms with Crippen LogP contribution in [-0.2, 0) is 16.1 Å². The molecule has 1 aromatic heterocycles. The van der Waals surface area contributed by atoms with E-state index in [0.29, 0.717) is 31.3 Å². The van der Waals surface area contributed by atoms with Crippen LogP contribution in [0.5, 0.6) is 0 Å². The minimum absolute atomic E-state index is 0.110. The van der Waals surface area contributed by atoms with E-state index < -0.39 is 6.03 Å². The molecule has 2 aromatic rings. The predicted molar refractivity (Wildman–Crippen MR) is 101 cm³/mol. The van der Waals surface area contributed by atoms with Crippen LogP contribution in [0.1, 0.15) is 16.5 Å². The van der Waals surface area contributed by atoms with Crippen LogP contribution in [0.3, 0.4) is 0 Å². The van der Waals surface area contributed by atoms with Gasteiger partial charge in [-0.3, -0.25) is 15.0 Å². The third-order valence-electron chi connectivity index (χ3n) is 4.02. The van der Waals surface area contributed by atoms with Gasteiger partial charge in [0.1, 0.15) is 0 Å². The SMILES string of the molecule is O=C(CN1CCOC(c2ccc(Cl)cc2)C1)NC(=O)NCc1cccs1. The first-order valence-electron chi connectivity index (χ1n) is 8.29. The summed E-state index contributed by atoms with van der Waals surface area (Å²) in [6, 6.07) is 10.9. The first-order chi connectivity index (χ1) is 12.6. The van der Waals surface area contributed by atoms with Crippen LogP contribution in [0.4, 0.5) is 4.79 Å². The van der Waals surface area contributed by atoms with E-state index in [1.54, 1.807) is 11.3 Å². The number of amides is 3. The number of carbonyl (C=O) groups excluding carboxylic acids is 2. The fourth-order valence-corrected chi connectivity index (χ4v) is 3.49. The van der Waals surface area contributed by atoms with Gasteiger partial charge in [-0.05, 0) is 29.1 Å². The number of ether oxygens (including phenoxy) is 1. The molecule has 138 valence electrons. The Morgan fingerprint density at radius 3 is 2.81 bits per heavy atom. The van der Waals surface area contributed by atoms with Crippen LogP contribution >= 0.6 is 22.9 Å². The van der Waals surface area contributed by atoms with E-state index in [1.165, 1.54) is 0 Å². The lowest BCUT2D eigenvalue weighted by atomic mass is 10.1. The minimum atomic E-state index is -0.481. The second-order valence-corrected chi connectivity index (χ2v) is 7.42. The highest BCUT2D eigenvalue weighted by atomic mass is 35.5. The zero-order valence-electron chi connectivity index (χ0n) is 14.1. The number of hydrogen-bond acceptors (Lipinski definition) is 5. The molecule has 1 unspecified atom stereocenters. The lowest BCUT2D eigenvalue weighted by Crippen LogP contribution is -2.47. The summed E-state index contributed by atoms with van der Waals surface area (Å²) in [7, 11) is 0. The standard InChI is InChI=1S/C18H20ClN3O3S/c19-14-5-3-13(4-6-14)16-11-22(7-8-25-16)12-17(23)21-18(24)20-10-15-2-1-9-26-15/h1-6,9,16H,7-8,10-12H2,(H2,20,21,23,24). The van der Waals surface area contributed by atoms with Gasteiger partial charge in [0, 0.05) is 23.0 Å². The second kappa shape index (κ2) is 9.14. The van der Waals surface area contributed by atoms with Gasteiger partial charge in [0.05, 0.1) is 25.8 Å². The van der Waals surface area contributed by atoms with Crippen LogP contribution in [-0.4, -0.2) is 43.1 Å². The molecule has 1 atom stereocenters. The molecule has 1 saturated heterocycles. The van der Waals surface area contributed by atoms with Crippen molar-refractivity contribution in [1.82, 2.24) is 15.5 Å². The molecule has 1 aliphatic heterocycles. The quantitative estimate of drug-likeness (QED) is 0.819. The van der Waals surface area contributed by atoms with Crippen molar-refractivity contribution < 1.29 is 14.3 Å². The third-order valence-corrected chi connectivity index (χ3v) is 5.14. The molecule has 6 nitrogen and oxygen atoms in total. The van der Waals surface area contributed by atoms with Gasteiger partial charge in [0.25, 0.3) is 0 Å². The molecule has 3 amide bonds. The van der Waals surface area contributed by atoms with Gasteiger partial charge in [0.15, 0.2) is 0 Å². The summed E-state index contributed by atoms with van der Waals surface area (Å²) in [6.45, 7) is 2.33. The zero-order chi connectivity index (χ0) is 18.4. The fraction of sp³-hybridized carbons (Fsp3) is 0.333. The molecule has 0 bridgehead atoms. The van der Waals surface area contributed by atoms with Gasteiger partial charge < -0.3 is 10.1 Å². The molecule has 0 aliphatic carbocycles. The molecule has 1 aliphatic rings. The summed E-state index contributed by atoms with van der Waals surface area (Å²) in [4.78, 5) is 26.9. The number of nitrogens with zero attached hydrogens (tertiary/aromatic N) is 1. The second-order valence-electron chi connectivity index (χ2n) is 5.96. The highest BCUT2D eigenvalue weighted by molar-refractivity contribution is 7.09. The van der Waals surface area contributed by atoms with Crippen LogP contribution in [0.2, 0.25) is 5.02 Å². The monoisotopic (exact) mass is 393 g/mol. The number of carbonyl (C=O) groups is 2. The normalized spacial score (nSPS) is 17.7. The highest BCUT2D eigenvalue weighted by Crippen LogP contribution is 2.23. The fourth-order valence-electron chi connectivity index (χ4n) is 2.72. The van der Waals surface area contributed by atoms with E-state index in [-0.39, 0.29) is 18.6 Å². The molecule has 0 saturated carbocycles. The van der Waals surface area contributed by atoms with Crippen molar-refractivity contribution in [3.8, 4) is 0 Å². The average molecular weight is 394 g/mol. The first kappa shape index (κ1) is 18.8. The molecule has 2 N–H and O–H groups in total. The molecular weight excluding hydrogens is 374 g/mol. The smallest absolute Gasteiger partial charge is 0.321 e. The summed E-state index contributed by atoms with van der Waals surface area (Å²) >= 11 is 7.47. The number of imide groups is 1. The van der Waals surface area contributed by atoms with Gasteiger partial charge in [0.2, 0.25) is 5.91 Å². The lowest BCUT2D eigenvalue weighted by molar-refractivity contribution is -0.123. The lowest BCUT2D eigenvalue weighted by Gasteiger charge is -2.32. The minimum Gasteiger partial charge on any atom is -0.371 e. The first-order valence-corrected chi connectivity index (χ1v) is 9.55. The number of morpholine rings is 1. The van der Waals surface area contributed by atoms with E-state index >= 15 is 0 Å². The van der Waals surface area contributed by atoms with E-state index in [2.05, 4.69) is 10.6 Å². The third kappa shape index (κ3) is 5.54. The number of rotatable bonds is 5. The Labute approximate surface area is 161 Å². The molecule has 0 spiro atoms. The number of thiophene rings is 1. The summed E-state index contributed by atoms with van der Waals surface area (Å²) in [5, 5.41) is 7.66. The number of benzene rings is 1. The average Bonchev–Trinajstić information content (AvgIpc) is 3.14. The van der Waals surface area contributed by atoms with Crippen molar-refractivity contribution in [3.63, 3.8) is 0 Å². The molecule has 1 aromatic carbocycles. The van der Waals surface area contributed by atoms with Gasteiger partial charge >= 0.3 is 6.03 Å². The van der Waals surface area contributed by atoms with Gasteiger partial charge in [-0.15, -0.1) is 11.3 Å². The van der Waals surface area contributed by atoms with Gasteiger partial charge in [-0.25, -0.2) is 4.79 Å². The molecule has 3 rings (SSSR count). The number of hydrogen-bond donors (Lipinski definition) is 2. The summed E-state index contributed by atoms with van der Waals surface area (Å²) < 4.78 is 5.78. The van der Waals surface area contributed by atoms with Crippen LogP contribution in [0, 0.1) is 0 Å². The Hall–Kier alpha value is -1.93. The van der Waals surface area contributed by atoms with Crippen LogP contribution < -0.4 is 10.6 Å². The largest absolute Gasteiger partial charge is 0.371 e. The molecule has 8 heteroatoms. The molecule has 0 radical (unpaired) electrons. The zero-order valence-corrected chi connectivity index (χ0v) is 15.7. The summed E-state index contributed by atoms with van der Waals surface area (Å²) in [6.07, 6.45) is -0.110. The van der Waals surface area contributed by atoms with E-state index in [1.807, 2.05) is 46.7 Å². The van der Waals surface area contributed by atoms with Crippen LogP contribution in [0.15, 0.2) is 41.8 Å². The van der Waals surface area contributed by atoms with Crippen LogP contribution in [0.25, 0.3) is 0 Å². The Bertz CT molecular complexity index is 737. The van der Waals surface area contributed by atoms with Crippen molar-refractivity contribution in [2.75, 3.05) is 26.2 Å². The number of nitrogens with one attached hydrogen (secondary N) is 2. The number of urea groups is 1. The Morgan fingerprint density at radius 2 is 2.08 bits per heavy atom. The summed E-state index contributed by atoms with van der Waals surface area (Å²) in [5.41, 5.74) is 1.02. The van der Waals surface area contributed by atoms with Crippen molar-refractivity contribution in [3.05, 3.63) is 57.2 Å². The van der Waals surface area contributed by atoms with Gasteiger partial charge in [-0.2, -0.15) is 0 Å². The maximum absolute atomic E-state index is 12.1. The Balaban J connectivity index is 1.44. The maximum Gasteiger partial charge on any atom is 0.321 e. The molecular formula is C18H20ClN3O3S. The molecule has 26 heavy (non-hydrogen) atoms. The van der Waals surface area contributed by atoms with Crippen molar-refractivity contribution in [2.45, 2.75) is 12.6 Å². The predicted octanol–water partition coefficient (Wildman–Crippen LogP) is 2.80. The molecule has 2 heterocycles. The van der Waals surface area contributed by atoms with E-state index in [0.717, 1.165) is 10.4 Å². The maximum atomic E-state index is 12.1. The number of halogens is 1. The van der Waals surface area contributed by atoms with Gasteiger partial charge in [-0.1, -0.05) is 29.8 Å². The Morgan fingerprint density at radius 1 is 1.27 bits per heavy atom. The van der Waals surface area contributed by atoms with Crippen molar-refractivity contribution in [2.24, 2.45) is 0 Å². The topological polar surface area (TPSA) is 70.7 Å². The van der Waals surface area contributed by atoms with E-state index in [4.69, 9.17) is 16.3 Å². The summed E-state index contributed by atoms with van der Waals surface area (Å²) in [5.74, 6) is -0.328. The molecule has 1 fully saturated rings. The highest BCUT2D eigenvalue weighted by Gasteiger charge is 2.24. The van der Waals surface area contributed by atoms with Crippen molar-refractivity contribution in [1.29, 1.82) is 0 Å². The van der Waals surface area contributed by atoms with Crippen molar-refractivity contribution >= 4 is 34.9 Å².